The summed E-state index contributed by atoms with van der Waals surface area (Å²) in [4.78, 5) is 24.6. The van der Waals surface area contributed by atoms with Gasteiger partial charge in [-0.3, -0.25) is 4.79 Å². The minimum Gasteiger partial charge on any atom is -0.493 e. The first-order valence-corrected chi connectivity index (χ1v) is 7.63. The Hall–Kier alpha value is -2.50. The van der Waals surface area contributed by atoms with Crippen LogP contribution in [0.15, 0.2) is 18.2 Å². The van der Waals surface area contributed by atoms with Gasteiger partial charge in [-0.25, -0.2) is 4.79 Å². The van der Waals surface area contributed by atoms with Crippen molar-refractivity contribution in [1.29, 1.82) is 0 Å². The van der Waals surface area contributed by atoms with Crippen LogP contribution in [0.2, 0.25) is 0 Å². The van der Waals surface area contributed by atoms with Gasteiger partial charge in [0, 0.05) is 12.6 Å². The molecule has 0 aliphatic carbocycles. The molecule has 1 heterocycles. The van der Waals surface area contributed by atoms with Crippen LogP contribution in [0.5, 0.6) is 11.5 Å². The molecule has 0 saturated carbocycles. The number of benzene rings is 1. The summed E-state index contributed by atoms with van der Waals surface area (Å²) in [7, 11) is 1.52. The number of carboxylic acids is 1. The number of ether oxygens (including phenoxy) is 2. The Kier molecular flexibility index (Phi) is 5.62. The Morgan fingerprint density at radius 1 is 1.43 bits per heavy atom. The number of methoxy groups -OCH3 is 1. The van der Waals surface area contributed by atoms with Crippen LogP contribution in [-0.2, 0) is 9.59 Å². The molecule has 1 aromatic carbocycles. The quantitative estimate of drug-likeness (QED) is 0.618. The van der Waals surface area contributed by atoms with Crippen molar-refractivity contribution in [3.05, 3.63) is 23.8 Å². The third-order valence-corrected chi connectivity index (χ3v) is 3.61. The van der Waals surface area contributed by atoms with Gasteiger partial charge in [-0.05, 0) is 30.2 Å². The van der Waals surface area contributed by atoms with Crippen LogP contribution in [0.1, 0.15) is 31.7 Å². The predicted molar refractivity (Wildman–Crippen MR) is 87.0 cm³/mol. The lowest BCUT2D eigenvalue weighted by Crippen LogP contribution is -2.39. The van der Waals surface area contributed by atoms with Crippen molar-refractivity contribution in [2.75, 3.05) is 25.2 Å². The summed E-state index contributed by atoms with van der Waals surface area (Å²) < 4.78 is 10.8. The van der Waals surface area contributed by atoms with E-state index in [4.69, 9.17) is 14.6 Å². The van der Waals surface area contributed by atoms with Crippen LogP contribution >= 0.6 is 0 Å². The third-order valence-electron chi connectivity index (χ3n) is 3.61. The Morgan fingerprint density at radius 2 is 2.22 bits per heavy atom. The molecule has 1 aliphatic heterocycles. The molecular weight excluding hydrogens is 298 g/mol. The number of hydrogen-bond acceptors (Lipinski definition) is 4. The molecular formula is C17H21NO5. The van der Waals surface area contributed by atoms with Gasteiger partial charge in [0.1, 0.15) is 0 Å². The van der Waals surface area contributed by atoms with E-state index in [2.05, 4.69) is 6.92 Å². The molecule has 1 aromatic rings. The molecule has 1 aliphatic rings. The molecule has 0 radical (unpaired) electrons. The number of anilines is 1. The number of carboxylic acid groups (broad SMARTS) is 1. The second-order valence-electron chi connectivity index (χ2n) is 5.28. The average Bonchev–Trinajstić information content (AvgIpc) is 2.54. The Morgan fingerprint density at radius 3 is 2.87 bits per heavy atom. The van der Waals surface area contributed by atoms with Gasteiger partial charge in [0.15, 0.2) is 18.1 Å². The highest BCUT2D eigenvalue weighted by atomic mass is 16.5. The Labute approximate surface area is 135 Å². The number of amides is 1. The van der Waals surface area contributed by atoms with E-state index >= 15 is 0 Å². The number of unbranched alkanes of at least 4 members (excludes halogenated alkanes) is 2. The van der Waals surface area contributed by atoms with Crippen molar-refractivity contribution in [1.82, 2.24) is 0 Å². The minimum atomic E-state index is -1.03. The largest absolute Gasteiger partial charge is 0.493 e. The molecule has 1 amide bonds. The highest BCUT2D eigenvalue weighted by Gasteiger charge is 2.28. The van der Waals surface area contributed by atoms with Crippen LogP contribution in [-0.4, -0.2) is 37.2 Å². The zero-order chi connectivity index (χ0) is 16.8. The van der Waals surface area contributed by atoms with E-state index in [1.54, 1.807) is 17.0 Å². The lowest BCUT2D eigenvalue weighted by molar-refractivity contribution is -0.131. The number of aliphatic carboxylic acids is 1. The zero-order valence-electron chi connectivity index (χ0n) is 13.4. The number of carbonyl (C=O) groups is 2. The normalized spacial score (nSPS) is 13.8. The van der Waals surface area contributed by atoms with E-state index in [0.29, 0.717) is 29.3 Å². The summed E-state index contributed by atoms with van der Waals surface area (Å²) in [5.41, 5.74) is 1.27. The van der Waals surface area contributed by atoms with Gasteiger partial charge in [0.2, 0.25) is 0 Å². The zero-order valence-corrected chi connectivity index (χ0v) is 13.4. The van der Waals surface area contributed by atoms with Gasteiger partial charge in [0.05, 0.1) is 12.8 Å². The van der Waals surface area contributed by atoms with Gasteiger partial charge in [-0.1, -0.05) is 19.8 Å². The first-order chi connectivity index (χ1) is 11.1. The van der Waals surface area contributed by atoms with E-state index in [1.165, 1.54) is 13.2 Å². The molecule has 1 N–H and O–H groups in total. The molecule has 124 valence electrons. The van der Waals surface area contributed by atoms with Gasteiger partial charge in [-0.2, -0.15) is 0 Å². The molecule has 2 rings (SSSR count). The number of nitrogens with zero attached hydrogens (tertiary/aromatic N) is 1. The summed E-state index contributed by atoms with van der Waals surface area (Å²) in [6.07, 6.45) is 5.52. The molecule has 23 heavy (non-hydrogen) atoms. The molecule has 0 unspecified atom stereocenters. The van der Waals surface area contributed by atoms with E-state index in [-0.39, 0.29) is 12.5 Å². The Bertz CT molecular complexity index is 624. The van der Waals surface area contributed by atoms with Crippen LogP contribution in [0, 0.1) is 0 Å². The number of fused-ring (bicyclic) bond motifs is 1. The van der Waals surface area contributed by atoms with Gasteiger partial charge in [-0.15, -0.1) is 0 Å². The average molecular weight is 319 g/mol. The fraction of sp³-hybridized carbons (Fsp3) is 0.412. The van der Waals surface area contributed by atoms with Crippen molar-refractivity contribution in [3.63, 3.8) is 0 Å². The highest BCUT2D eigenvalue weighted by molar-refractivity contribution is 5.99. The van der Waals surface area contributed by atoms with E-state index < -0.39 is 5.97 Å². The maximum atomic E-state index is 12.2. The number of rotatable bonds is 7. The smallest absolute Gasteiger partial charge is 0.328 e. The van der Waals surface area contributed by atoms with Crippen LogP contribution < -0.4 is 14.4 Å². The molecule has 6 heteroatoms. The van der Waals surface area contributed by atoms with Crippen LogP contribution in [0.3, 0.4) is 0 Å². The van der Waals surface area contributed by atoms with Gasteiger partial charge < -0.3 is 19.5 Å². The second-order valence-corrected chi connectivity index (χ2v) is 5.28. The molecule has 0 fully saturated rings. The summed E-state index contributed by atoms with van der Waals surface area (Å²) in [6, 6.07) is 3.44. The molecule has 0 atom stereocenters. The van der Waals surface area contributed by atoms with Gasteiger partial charge >= 0.3 is 5.97 Å². The predicted octanol–water partition coefficient (Wildman–Crippen LogP) is 2.71. The fourth-order valence-corrected chi connectivity index (χ4v) is 2.48. The summed E-state index contributed by atoms with van der Waals surface area (Å²) in [5, 5.41) is 8.77. The topological polar surface area (TPSA) is 76.1 Å². The fourth-order valence-electron chi connectivity index (χ4n) is 2.48. The van der Waals surface area contributed by atoms with Crippen molar-refractivity contribution in [2.24, 2.45) is 0 Å². The maximum Gasteiger partial charge on any atom is 0.328 e. The van der Waals surface area contributed by atoms with Crippen LogP contribution in [0.4, 0.5) is 5.69 Å². The van der Waals surface area contributed by atoms with Crippen molar-refractivity contribution in [3.8, 4) is 11.5 Å². The highest BCUT2D eigenvalue weighted by Crippen LogP contribution is 2.41. The Balaban J connectivity index is 2.39. The molecule has 0 bridgehead atoms. The standard InChI is InChI=1S/C17H21NO5/c1-3-4-5-8-18-13-9-12(6-7-16(20)21)10-14(22-2)17(13)23-11-15(18)19/h6-7,9-10H,3-5,8,11H2,1-2H3,(H,20,21)/b7-6+. The minimum absolute atomic E-state index is 0.0141. The van der Waals surface area contributed by atoms with E-state index in [9.17, 15) is 9.59 Å². The summed E-state index contributed by atoms with van der Waals surface area (Å²) >= 11 is 0. The number of hydrogen-bond donors (Lipinski definition) is 1. The molecule has 0 aromatic heterocycles. The summed E-state index contributed by atoms with van der Waals surface area (Å²) in [5.74, 6) is -0.125. The maximum absolute atomic E-state index is 12.2. The first kappa shape index (κ1) is 16.9. The van der Waals surface area contributed by atoms with Crippen molar-refractivity contribution < 1.29 is 24.2 Å². The number of carbonyl (C=O) groups excluding carboxylic acids is 1. The molecule has 0 saturated heterocycles. The summed E-state index contributed by atoms with van der Waals surface area (Å²) in [6.45, 7) is 2.70. The lowest BCUT2D eigenvalue weighted by Gasteiger charge is -2.30. The van der Waals surface area contributed by atoms with E-state index in [0.717, 1.165) is 25.3 Å². The lowest BCUT2D eigenvalue weighted by atomic mass is 10.1. The van der Waals surface area contributed by atoms with Crippen LogP contribution in [0.25, 0.3) is 6.08 Å². The van der Waals surface area contributed by atoms with E-state index in [1.807, 2.05) is 0 Å². The van der Waals surface area contributed by atoms with Crippen molar-refractivity contribution >= 4 is 23.6 Å². The first-order valence-electron chi connectivity index (χ1n) is 7.63. The SMILES string of the molecule is CCCCCN1C(=O)COc2c(OC)cc(/C=C/C(=O)O)cc21. The molecule has 6 nitrogen and oxygen atoms in total. The van der Waals surface area contributed by atoms with Gasteiger partial charge in [0.25, 0.3) is 5.91 Å². The monoisotopic (exact) mass is 319 g/mol. The molecule has 0 spiro atoms. The second kappa shape index (κ2) is 7.67. The third kappa shape index (κ3) is 4.03. The van der Waals surface area contributed by atoms with Crippen molar-refractivity contribution in [2.45, 2.75) is 26.2 Å².